The summed E-state index contributed by atoms with van der Waals surface area (Å²) in [6.45, 7) is 1.48. The minimum absolute atomic E-state index is 0.142. The number of rotatable bonds is 9. The molecule has 3 atom stereocenters. The van der Waals surface area contributed by atoms with Gasteiger partial charge in [0.15, 0.2) is 23.0 Å². The van der Waals surface area contributed by atoms with Crippen LogP contribution < -0.4 is 18.9 Å². The van der Waals surface area contributed by atoms with Crippen LogP contribution in [0.1, 0.15) is 24.2 Å². The van der Waals surface area contributed by atoms with E-state index in [0.717, 1.165) is 5.56 Å². The summed E-state index contributed by atoms with van der Waals surface area (Å²) in [7, 11) is 6.20. The molecule has 3 rings (SSSR count). The van der Waals surface area contributed by atoms with E-state index in [-0.39, 0.29) is 18.5 Å². The van der Waals surface area contributed by atoms with Gasteiger partial charge < -0.3 is 28.4 Å². The molecule has 1 saturated heterocycles. The first kappa shape index (κ1) is 23.2. The summed E-state index contributed by atoms with van der Waals surface area (Å²) in [5.74, 6) is 0.566. The number of hydrogen-bond acceptors (Lipinski definition) is 8. The number of methoxy groups -OCH3 is 4. The fraction of sp³-hybridized carbons (Fsp3) is 0.417. The number of cyclic esters (lactones) is 1. The van der Waals surface area contributed by atoms with Crippen molar-refractivity contribution in [2.75, 3.05) is 35.0 Å². The summed E-state index contributed by atoms with van der Waals surface area (Å²) in [5.41, 5.74) is 1.57. The fourth-order valence-electron chi connectivity index (χ4n) is 3.98. The number of hydrogen-bond donors (Lipinski definition) is 0. The lowest BCUT2D eigenvalue weighted by Crippen LogP contribution is -2.27. The van der Waals surface area contributed by atoms with Gasteiger partial charge in [0, 0.05) is 12.8 Å². The summed E-state index contributed by atoms with van der Waals surface area (Å²) >= 11 is 0. The Kier molecular flexibility index (Phi) is 7.45. The van der Waals surface area contributed by atoms with Crippen molar-refractivity contribution < 1.29 is 38.0 Å². The van der Waals surface area contributed by atoms with Crippen LogP contribution in [0.5, 0.6) is 23.0 Å². The number of benzene rings is 2. The molecular weight excluding hydrogens is 416 g/mol. The van der Waals surface area contributed by atoms with Crippen molar-refractivity contribution in [1.82, 2.24) is 0 Å². The van der Waals surface area contributed by atoms with Crippen LogP contribution >= 0.6 is 0 Å². The summed E-state index contributed by atoms with van der Waals surface area (Å²) in [6, 6.07) is 10.8. The molecule has 2 aromatic carbocycles. The first-order valence-corrected chi connectivity index (χ1v) is 10.2. The Morgan fingerprint density at radius 1 is 0.938 bits per heavy atom. The van der Waals surface area contributed by atoms with E-state index in [1.807, 2.05) is 12.1 Å². The minimum Gasteiger partial charge on any atom is -0.493 e. The standard InChI is InChI=1S/C24H28O8/c1-14(25)32-23(16-7-9-20(28-3)22(12-16)30-5)18-13-31-24(26)17(18)10-15-6-8-19(27-2)21(11-15)29-4/h6-9,11-12,17-18,23H,10,13H2,1-5H3/t17-,18+,23+/m1/s1. The van der Waals surface area contributed by atoms with Crippen LogP contribution in [0.15, 0.2) is 36.4 Å². The van der Waals surface area contributed by atoms with E-state index >= 15 is 0 Å². The van der Waals surface area contributed by atoms with E-state index in [1.165, 1.54) is 14.0 Å². The first-order chi connectivity index (χ1) is 15.4. The van der Waals surface area contributed by atoms with Crippen molar-refractivity contribution >= 4 is 11.9 Å². The van der Waals surface area contributed by atoms with E-state index in [1.54, 1.807) is 45.6 Å². The van der Waals surface area contributed by atoms with Crippen molar-refractivity contribution in [3.8, 4) is 23.0 Å². The molecular formula is C24H28O8. The van der Waals surface area contributed by atoms with Gasteiger partial charge in [0.1, 0.15) is 6.10 Å². The third-order valence-electron chi connectivity index (χ3n) is 5.56. The van der Waals surface area contributed by atoms with Crippen molar-refractivity contribution in [2.24, 2.45) is 11.8 Å². The van der Waals surface area contributed by atoms with Gasteiger partial charge in [0.05, 0.1) is 41.0 Å². The number of ether oxygens (including phenoxy) is 6. The van der Waals surface area contributed by atoms with Crippen LogP contribution in [0, 0.1) is 11.8 Å². The molecule has 8 heteroatoms. The van der Waals surface area contributed by atoms with Gasteiger partial charge in [0.25, 0.3) is 0 Å². The molecule has 1 aliphatic heterocycles. The monoisotopic (exact) mass is 444 g/mol. The van der Waals surface area contributed by atoms with E-state index in [9.17, 15) is 9.59 Å². The molecule has 1 fully saturated rings. The normalized spacial score (nSPS) is 18.5. The number of esters is 2. The van der Waals surface area contributed by atoms with Crippen LogP contribution in [-0.4, -0.2) is 47.0 Å². The Balaban J connectivity index is 1.94. The maximum Gasteiger partial charge on any atom is 0.309 e. The highest BCUT2D eigenvalue weighted by Gasteiger charge is 2.44. The minimum atomic E-state index is -0.691. The molecule has 0 aliphatic carbocycles. The highest BCUT2D eigenvalue weighted by Crippen LogP contribution is 2.41. The van der Waals surface area contributed by atoms with Crippen molar-refractivity contribution in [3.63, 3.8) is 0 Å². The quantitative estimate of drug-likeness (QED) is 0.544. The second kappa shape index (κ2) is 10.3. The van der Waals surface area contributed by atoms with Crippen LogP contribution in [0.2, 0.25) is 0 Å². The summed E-state index contributed by atoms with van der Waals surface area (Å²) in [4.78, 5) is 24.6. The van der Waals surface area contributed by atoms with Crippen molar-refractivity contribution in [1.29, 1.82) is 0 Å². The van der Waals surface area contributed by atoms with Gasteiger partial charge in [-0.2, -0.15) is 0 Å². The molecule has 0 spiro atoms. The highest BCUT2D eigenvalue weighted by molar-refractivity contribution is 5.75. The lowest BCUT2D eigenvalue weighted by atomic mass is 9.82. The van der Waals surface area contributed by atoms with Gasteiger partial charge >= 0.3 is 11.9 Å². The Hall–Kier alpha value is -3.42. The maximum absolute atomic E-state index is 12.6. The third-order valence-corrected chi connectivity index (χ3v) is 5.56. The Morgan fingerprint density at radius 3 is 2.12 bits per heavy atom. The molecule has 0 unspecified atom stereocenters. The van der Waals surface area contributed by atoms with Gasteiger partial charge in [-0.3, -0.25) is 9.59 Å². The lowest BCUT2D eigenvalue weighted by Gasteiger charge is -2.26. The molecule has 0 saturated carbocycles. The zero-order valence-corrected chi connectivity index (χ0v) is 18.9. The lowest BCUT2D eigenvalue weighted by molar-refractivity contribution is -0.150. The van der Waals surface area contributed by atoms with Crippen LogP contribution in [-0.2, 0) is 25.5 Å². The second-order valence-corrected chi connectivity index (χ2v) is 7.44. The van der Waals surface area contributed by atoms with E-state index in [0.29, 0.717) is 35.0 Å². The third kappa shape index (κ3) is 4.90. The Labute approximate surface area is 187 Å². The van der Waals surface area contributed by atoms with Gasteiger partial charge in [-0.05, 0) is 41.8 Å². The SMILES string of the molecule is COc1ccc(C[C@H]2C(=O)OC[C@@H]2[C@@H](OC(C)=O)c2ccc(OC)c(OC)c2)cc1OC. The first-order valence-electron chi connectivity index (χ1n) is 10.2. The average Bonchev–Trinajstić information content (AvgIpc) is 3.16. The van der Waals surface area contributed by atoms with E-state index < -0.39 is 18.0 Å². The predicted octanol–water partition coefficient (Wildman–Crippen LogP) is 3.36. The number of carbonyl (C=O) groups excluding carboxylic acids is 2. The molecule has 0 radical (unpaired) electrons. The van der Waals surface area contributed by atoms with Gasteiger partial charge in [0.2, 0.25) is 0 Å². The number of carbonyl (C=O) groups is 2. The average molecular weight is 444 g/mol. The van der Waals surface area contributed by atoms with Crippen LogP contribution in [0.3, 0.4) is 0 Å². The van der Waals surface area contributed by atoms with Gasteiger partial charge in [-0.25, -0.2) is 0 Å². The molecule has 0 bridgehead atoms. The molecule has 172 valence electrons. The summed E-state index contributed by atoms with van der Waals surface area (Å²) in [6.07, 6.45) is -0.293. The van der Waals surface area contributed by atoms with Crippen molar-refractivity contribution in [3.05, 3.63) is 47.5 Å². The fourth-order valence-corrected chi connectivity index (χ4v) is 3.98. The maximum atomic E-state index is 12.6. The molecule has 32 heavy (non-hydrogen) atoms. The second-order valence-electron chi connectivity index (χ2n) is 7.44. The molecule has 0 amide bonds. The zero-order valence-electron chi connectivity index (χ0n) is 18.9. The highest BCUT2D eigenvalue weighted by atomic mass is 16.6. The zero-order chi connectivity index (χ0) is 23.3. The summed E-state index contributed by atoms with van der Waals surface area (Å²) < 4.78 is 32.4. The predicted molar refractivity (Wildman–Crippen MR) is 115 cm³/mol. The van der Waals surface area contributed by atoms with Gasteiger partial charge in [-0.15, -0.1) is 0 Å². The summed E-state index contributed by atoms with van der Waals surface area (Å²) in [5, 5.41) is 0. The van der Waals surface area contributed by atoms with E-state index in [4.69, 9.17) is 28.4 Å². The molecule has 1 aliphatic rings. The molecule has 1 heterocycles. The van der Waals surface area contributed by atoms with Gasteiger partial charge in [-0.1, -0.05) is 12.1 Å². The van der Waals surface area contributed by atoms with E-state index in [2.05, 4.69) is 0 Å². The smallest absolute Gasteiger partial charge is 0.309 e. The van der Waals surface area contributed by atoms with Crippen LogP contribution in [0.4, 0.5) is 0 Å². The molecule has 0 N–H and O–H groups in total. The Bertz CT molecular complexity index is 970. The Morgan fingerprint density at radius 2 is 1.53 bits per heavy atom. The molecule has 0 aromatic heterocycles. The molecule has 8 nitrogen and oxygen atoms in total. The largest absolute Gasteiger partial charge is 0.493 e. The topological polar surface area (TPSA) is 89.5 Å². The van der Waals surface area contributed by atoms with Crippen molar-refractivity contribution in [2.45, 2.75) is 19.4 Å². The van der Waals surface area contributed by atoms with Crippen LogP contribution in [0.25, 0.3) is 0 Å². The molecule has 2 aromatic rings.